The van der Waals surface area contributed by atoms with E-state index in [1.54, 1.807) is 16.8 Å². The number of ether oxygens (including phenoxy) is 1. The van der Waals surface area contributed by atoms with E-state index in [1.165, 1.54) is 16.4 Å². The highest BCUT2D eigenvalue weighted by Crippen LogP contribution is 2.19. The van der Waals surface area contributed by atoms with E-state index in [4.69, 9.17) is 22.2 Å². The van der Waals surface area contributed by atoms with Crippen LogP contribution < -0.4 is 10.6 Å². The molecule has 0 amide bonds. The number of aryl methyl sites for hydroxylation is 2. The van der Waals surface area contributed by atoms with Crippen molar-refractivity contribution in [2.45, 2.75) is 19.0 Å². The van der Waals surface area contributed by atoms with Crippen LogP contribution in [-0.4, -0.2) is 37.0 Å². The van der Waals surface area contributed by atoms with Gasteiger partial charge in [0.15, 0.2) is 0 Å². The van der Waals surface area contributed by atoms with E-state index in [0.29, 0.717) is 28.5 Å². The summed E-state index contributed by atoms with van der Waals surface area (Å²) < 4.78 is 8.76. The number of hydrogen-bond acceptors (Lipinski definition) is 6. The largest absolute Gasteiger partial charge is 0.493 e. The van der Waals surface area contributed by atoms with Gasteiger partial charge >= 0.3 is 0 Å². The molecule has 3 aromatic rings. The van der Waals surface area contributed by atoms with Crippen LogP contribution in [0.4, 0.5) is 0 Å². The molecule has 0 fully saturated rings. The van der Waals surface area contributed by atoms with E-state index in [1.807, 2.05) is 32.0 Å². The van der Waals surface area contributed by atoms with Gasteiger partial charge in [0.2, 0.25) is 5.16 Å². The van der Waals surface area contributed by atoms with Gasteiger partial charge in [0.05, 0.1) is 12.3 Å². The summed E-state index contributed by atoms with van der Waals surface area (Å²) in [4.78, 5) is 0. The first kappa shape index (κ1) is 16.7. The number of hydrogen-bond donors (Lipinski definition) is 1. The minimum atomic E-state index is 0.488. The molecule has 2 heterocycles. The summed E-state index contributed by atoms with van der Waals surface area (Å²) in [6.07, 6.45) is 0. The second-order valence-electron chi connectivity index (χ2n) is 5.14. The molecule has 0 aliphatic heterocycles. The average molecular weight is 365 g/mol. The van der Waals surface area contributed by atoms with Crippen LogP contribution in [0.1, 0.15) is 11.4 Å². The number of nitrogens with two attached hydrogens (primary N) is 1. The third-order valence-corrected chi connectivity index (χ3v) is 4.40. The summed E-state index contributed by atoms with van der Waals surface area (Å²) in [5, 5.41) is 13.9. The van der Waals surface area contributed by atoms with Gasteiger partial charge in [-0.3, -0.25) is 0 Å². The molecule has 0 unspecified atom stereocenters. The highest BCUT2D eigenvalue weighted by atomic mass is 35.5. The quantitative estimate of drug-likeness (QED) is 0.411. The number of rotatable bonds is 6. The molecule has 7 nitrogen and oxygen atoms in total. The van der Waals surface area contributed by atoms with Gasteiger partial charge < -0.3 is 10.6 Å². The molecule has 0 atom stereocenters. The van der Waals surface area contributed by atoms with Crippen LogP contribution in [0, 0.1) is 13.8 Å². The maximum atomic E-state index is 6.08. The van der Waals surface area contributed by atoms with Gasteiger partial charge in [-0.05, 0) is 44.2 Å². The maximum Gasteiger partial charge on any atom is 0.271 e. The zero-order valence-electron chi connectivity index (χ0n) is 13.3. The molecular formula is C15H17ClN6OS. The van der Waals surface area contributed by atoms with E-state index < -0.39 is 0 Å². The highest BCUT2D eigenvalue weighted by Gasteiger charge is 2.14. The van der Waals surface area contributed by atoms with Gasteiger partial charge in [0, 0.05) is 16.5 Å². The first-order valence-corrected chi connectivity index (χ1v) is 8.66. The Labute approximate surface area is 148 Å². The fourth-order valence-electron chi connectivity index (χ4n) is 2.17. The summed E-state index contributed by atoms with van der Waals surface area (Å²) in [5.41, 5.74) is 1.86. The standard InChI is InChI=1S/C15H17ClN6OS/c1-10-9-11(2)22(20-10)14-18-19-15(21(14)17)24-8-7-23-13-5-3-12(16)4-6-13/h3-6,9H,7-8,17H2,1-2H3. The predicted octanol–water partition coefficient (Wildman–Crippen LogP) is 2.62. The Hall–Kier alpha value is -2.19. The van der Waals surface area contributed by atoms with Crippen LogP contribution in [0.2, 0.25) is 5.02 Å². The van der Waals surface area contributed by atoms with Crippen molar-refractivity contribution in [3.05, 3.63) is 46.7 Å². The molecule has 24 heavy (non-hydrogen) atoms. The second-order valence-corrected chi connectivity index (χ2v) is 6.64. The van der Waals surface area contributed by atoms with Crippen molar-refractivity contribution in [2.75, 3.05) is 18.2 Å². The summed E-state index contributed by atoms with van der Waals surface area (Å²) >= 11 is 7.31. The fourth-order valence-corrected chi connectivity index (χ4v) is 2.96. The van der Waals surface area contributed by atoms with E-state index in [0.717, 1.165) is 17.1 Å². The minimum Gasteiger partial charge on any atom is -0.493 e. The fraction of sp³-hybridized carbons (Fsp3) is 0.267. The SMILES string of the molecule is Cc1cc(C)n(-c2nnc(SCCOc3ccc(Cl)cc3)n2N)n1. The van der Waals surface area contributed by atoms with Crippen LogP contribution in [0.25, 0.3) is 5.95 Å². The van der Waals surface area contributed by atoms with Crippen LogP contribution >= 0.6 is 23.4 Å². The molecule has 126 valence electrons. The van der Waals surface area contributed by atoms with Gasteiger partial charge in [-0.25, -0.2) is 9.36 Å². The first-order chi connectivity index (χ1) is 11.5. The smallest absolute Gasteiger partial charge is 0.271 e. The zero-order chi connectivity index (χ0) is 17.1. The van der Waals surface area contributed by atoms with Gasteiger partial charge in [0.25, 0.3) is 5.95 Å². The van der Waals surface area contributed by atoms with Crippen molar-refractivity contribution in [1.29, 1.82) is 0 Å². The van der Waals surface area contributed by atoms with Crippen molar-refractivity contribution in [3.63, 3.8) is 0 Å². The summed E-state index contributed by atoms with van der Waals surface area (Å²) in [6, 6.07) is 9.21. The molecule has 0 spiro atoms. The van der Waals surface area contributed by atoms with Crippen LogP contribution in [0.3, 0.4) is 0 Å². The lowest BCUT2D eigenvalue weighted by atomic mass is 10.3. The van der Waals surface area contributed by atoms with E-state index in [2.05, 4.69) is 15.3 Å². The van der Waals surface area contributed by atoms with Gasteiger partial charge in [-0.1, -0.05) is 23.4 Å². The number of halogens is 1. The summed E-state index contributed by atoms with van der Waals surface area (Å²) in [5.74, 6) is 8.03. The van der Waals surface area contributed by atoms with Crippen molar-refractivity contribution in [3.8, 4) is 11.7 Å². The lowest BCUT2D eigenvalue weighted by Gasteiger charge is -2.06. The van der Waals surface area contributed by atoms with E-state index in [9.17, 15) is 0 Å². The molecule has 2 aromatic heterocycles. The Morgan fingerprint density at radius 1 is 1.21 bits per heavy atom. The molecule has 2 N–H and O–H groups in total. The third-order valence-electron chi connectivity index (χ3n) is 3.24. The predicted molar refractivity (Wildman–Crippen MR) is 94.4 cm³/mol. The number of thioether (sulfide) groups is 1. The molecular weight excluding hydrogens is 348 g/mol. The lowest BCUT2D eigenvalue weighted by Crippen LogP contribution is -2.17. The van der Waals surface area contributed by atoms with Crippen LogP contribution in [0.15, 0.2) is 35.5 Å². The average Bonchev–Trinajstić information content (AvgIpc) is 3.07. The van der Waals surface area contributed by atoms with Crippen molar-refractivity contribution >= 4 is 23.4 Å². The normalized spacial score (nSPS) is 11.0. The van der Waals surface area contributed by atoms with E-state index in [-0.39, 0.29) is 0 Å². The summed E-state index contributed by atoms with van der Waals surface area (Å²) in [6.45, 7) is 4.39. The number of benzene rings is 1. The molecule has 0 aliphatic rings. The Bertz CT molecular complexity index is 829. The lowest BCUT2D eigenvalue weighted by molar-refractivity contribution is 0.344. The van der Waals surface area contributed by atoms with Gasteiger partial charge in [0.1, 0.15) is 5.75 Å². The summed E-state index contributed by atoms with van der Waals surface area (Å²) in [7, 11) is 0. The molecule has 0 aliphatic carbocycles. The molecule has 0 radical (unpaired) electrons. The van der Waals surface area contributed by atoms with E-state index >= 15 is 0 Å². The Morgan fingerprint density at radius 2 is 1.96 bits per heavy atom. The Balaban J connectivity index is 1.58. The first-order valence-electron chi connectivity index (χ1n) is 7.30. The third kappa shape index (κ3) is 3.65. The second kappa shape index (κ2) is 7.14. The molecule has 0 bridgehead atoms. The molecule has 9 heteroatoms. The van der Waals surface area contributed by atoms with Gasteiger partial charge in [-0.2, -0.15) is 5.10 Å². The number of nitrogens with zero attached hydrogens (tertiary/aromatic N) is 5. The number of nitrogen functional groups attached to an aromatic ring is 1. The monoisotopic (exact) mass is 364 g/mol. The molecule has 0 saturated carbocycles. The Kier molecular flexibility index (Phi) is 4.96. The van der Waals surface area contributed by atoms with Crippen LogP contribution in [-0.2, 0) is 0 Å². The van der Waals surface area contributed by atoms with Crippen molar-refractivity contribution < 1.29 is 4.74 Å². The molecule has 1 aromatic carbocycles. The molecule has 3 rings (SSSR count). The molecule has 0 saturated heterocycles. The Morgan fingerprint density at radius 3 is 2.62 bits per heavy atom. The maximum absolute atomic E-state index is 6.08. The number of aromatic nitrogens is 5. The van der Waals surface area contributed by atoms with Crippen LogP contribution in [0.5, 0.6) is 5.75 Å². The minimum absolute atomic E-state index is 0.488. The van der Waals surface area contributed by atoms with Gasteiger partial charge in [-0.15, -0.1) is 10.2 Å². The zero-order valence-corrected chi connectivity index (χ0v) is 14.9. The topological polar surface area (TPSA) is 83.8 Å². The highest BCUT2D eigenvalue weighted by molar-refractivity contribution is 7.99. The van der Waals surface area contributed by atoms with Crippen molar-refractivity contribution in [2.24, 2.45) is 0 Å². The van der Waals surface area contributed by atoms with Crippen molar-refractivity contribution in [1.82, 2.24) is 24.7 Å².